The SMILES string of the molecule is COc1ccc(CN2CCN(C3CC4(CCN(c5cc(Oc6cnc7[nH]ccc7c6)c(C(=O)NS(=O)(=O)c6cc([N+](=O)[O-])c(NC[C@H]7CC[C@](C)(O)CC7)c7ocnc67)cn5)CC4)C3)[C@H](c3ccccc3C(C)C)C2)cc1. The Morgan fingerprint density at radius 3 is 2.47 bits per heavy atom. The highest BCUT2D eigenvalue weighted by Crippen LogP contribution is 2.53. The van der Waals surface area contributed by atoms with Crippen LogP contribution >= 0.6 is 0 Å². The first kappa shape index (κ1) is 51.9. The van der Waals surface area contributed by atoms with Crippen LogP contribution in [0.2, 0.25) is 0 Å². The van der Waals surface area contributed by atoms with Crippen LogP contribution in [-0.2, 0) is 16.6 Å². The van der Waals surface area contributed by atoms with Crippen molar-refractivity contribution in [2.75, 3.05) is 56.6 Å². The van der Waals surface area contributed by atoms with Crippen molar-refractivity contribution in [3.63, 3.8) is 0 Å². The number of rotatable bonds is 16. The van der Waals surface area contributed by atoms with Crippen molar-refractivity contribution >= 4 is 55.3 Å². The highest BCUT2D eigenvalue weighted by atomic mass is 32.2. The van der Waals surface area contributed by atoms with E-state index in [1.807, 2.05) is 18.2 Å². The fraction of sp³-hybridized carbons (Fsp3) is 0.439. The van der Waals surface area contributed by atoms with Gasteiger partial charge in [-0.15, -0.1) is 0 Å². The van der Waals surface area contributed by atoms with E-state index in [4.69, 9.17) is 18.9 Å². The number of piperidine rings is 1. The van der Waals surface area contributed by atoms with Crippen LogP contribution in [0.1, 0.15) is 111 Å². The van der Waals surface area contributed by atoms with E-state index in [0.717, 1.165) is 88.5 Å². The van der Waals surface area contributed by atoms with Crippen molar-refractivity contribution in [2.45, 2.75) is 107 Å². The predicted molar refractivity (Wildman–Crippen MR) is 292 cm³/mol. The number of aromatic nitrogens is 4. The van der Waals surface area contributed by atoms with Gasteiger partial charge < -0.3 is 34.2 Å². The van der Waals surface area contributed by atoms with Gasteiger partial charge >= 0.3 is 0 Å². The molecule has 7 aromatic rings. The Labute approximate surface area is 447 Å². The van der Waals surface area contributed by atoms with Crippen molar-refractivity contribution in [1.82, 2.24) is 34.5 Å². The molecule has 6 heterocycles. The van der Waals surface area contributed by atoms with E-state index < -0.39 is 37.0 Å². The fourth-order valence-electron chi connectivity index (χ4n) is 12.3. The highest BCUT2D eigenvalue weighted by Gasteiger charge is 2.50. The Morgan fingerprint density at radius 1 is 0.961 bits per heavy atom. The van der Waals surface area contributed by atoms with E-state index in [2.05, 4.69) is 89.9 Å². The van der Waals surface area contributed by atoms with Crippen molar-refractivity contribution in [3.05, 3.63) is 130 Å². The average Bonchev–Trinajstić information content (AvgIpc) is 4.19. The van der Waals surface area contributed by atoms with Crippen LogP contribution in [0.3, 0.4) is 0 Å². The molecule has 20 heteroatoms. The molecule has 0 unspecified atom stereocenters. The van der Waals surface area contributed by atoms with Gasteiger partial charge in [0.15, 0.2) is 17.7 Å². The van der Waals surface area contributed by atoms with E-state index in [0.29, 0.717) is 61.4 Å². The standard InChI is InChI=1S/C57H66N10O9S/c1-36(2)43-7-5-6-8-44(43)47-34-64(33-38-9-11-41(74-4)12-10-38)23-24-66(47)40-28-57(29-40)18-21-65(22-19-57)50-27-48(76-42-25-39-15-20-58-54(39)61-31-42)45(32-59-50)55(68)63-77(72,73)49-26-46(67(70)71)51(53-52(49)62-35-75-53)60-30-37-13-16-56(3,69)17-14-37/h5-12,15,20,25-27,31-32,35-37,40,47,60,69H,13-14,16-19,21-24,28-30,33-34H2,1-4H3,(H,58,61)(H,63,68)/t37-,47-,56-/m0/s1. The second kappa shape index (κ2) is 21.0. The molecule has 3 aromatic carbocycles. The van der Waals surface area contributed by atoms with Gasteiger partial charge in [0.05, 0.1) is 23.8 Å². The normalized spacial score (nSPS) is 21.4. The summed E-state index contributed by atoms with van der Waals surface area (Å²) < 4.78 is 48.0. The minimum absolute atomic E-state index is 0.0261. The number of hydrogen-bond acceptors (Lipinski definition) is 16. The van der Waals surface area contributed by atoms with Crippen LogP contribution in [0.25, 0.3) is 22.1 Å². The number of pyridine rings is 2. The van der Waals surface area contributed by atoms with E-state index in [9.17, 15) is 28.4 Å². The Bertz CT molecular complexity index is 3410. The third-order valence-electron chi connectivity index (χ3n) is 16.7. The molecule has 4 N–H and O–H groups in total. The maximum Gasteiger partial charge on any atom is 0.297 e. The van der Waals surface area contributed by atoms with Gasteiger partial charge in [0.1, 0.15) is 44.7 Å². The smallest absolute Gasteiger partial charge is 0.297 e. The molecule has 19 nitrogen and oxygen atoms in total. The van der Waals surface area contributed by atoms with Crippen LogP contribution in [0, 0.1) is 21.4 Å². The van der Waals surface area contributed by atoms with Gasteiger partial charge in [0.25, 0.3) is 21.6 Å². The molecule has 1 atom stereocenters. The van der Waals surface area contributed by atoms with Gasteiger partial charge in [-0.05, 0) is 116 Å². The van der Waals surface area contributed by atoms with Crippen molar-refractivity contribution in [2.24, 2.45) is 11.3 Å². The van der Waals surface area contributed by atoms with E-state index in [-0.39, 0.29) is 45.5 Å². The number of nitro groups is 1. The summed E-state index contributed by atoms with van der Waals surface area (Å²) in [7, 11) is -3.14. The number of aliphatic hydroxyl groups is 1. The first-order chi connectivity index (χ1) is 37.0. The number of anilines is 2. The van der Waals surface area contributed by atoms with Gasteiger partial charge in [0.2, 0.25) is 0 Å². The molecule has 404 valence electrons. The van der Waals surface area contributed by atoms with Gasteiger partial charge in [-0.1, -0.05) is 50.2 Å². The number of fused-ring (bicyclic) bond motifs is 2. The summed E-state index contributed by atoms with van der Waals surface area (Å²) in [6.45, 7) is 11.9. The summed E-state index contributed by atoms with van der Waals surface area (Å²) >= 11 is 0. The van der Waals surface area contributed by atoms with Crippen LogP contribution in [0.15, 0.2) is 107 Å². The largest absolute Gasteiger partial charge is 0.497 e. The Hall–Kier alpha value is -7.13. The van der Waals surface area contributed by atoms with Gasteiger partial charge in [-0.25, -0.2) is 28.1 Å². The van der Waals surface area contributed by atoms with E-state index >= 15 is 0 Å². The first-order valence-corrected chi connectivity index (χ1v) is 28.2. The molecular weight excluding hydrogens is 1000 g/mol. The summed E-state index contributed by atoms with van der Waals surface area (Å²) in [5, 5.41) is 26.8. The zero-order valence-corrected chi connectivity index (χ0v) is 44.7. The Balaban J connectivity index is 0.804. The molecule has 4 aliphatic rings. The van der Waals surface area contributed by atoms with Crippen molar-refractivity contribution < 1.29 is 37.1 Å². The molecule has 1 amide bonds. The quantitative estimate of drug-likeness (QED) is 0.0521. The molecule has 77 heavy (non-hydrogen) atoms. The predicted octanol–water partition coefficient (Wildman–Crippen LogP) is 9.71. The van der Waals surface area contributed by atoms with E-state index in [1.54, 1.807) is 32.4 Å². The average molecular weight is 1070 g/mol. The Kier molecular flexibility index (Phi) is 14.2. The molecule has 2 saturated heterocycles. The topological polar surface area (TPSA) is 234 Å². The summed E-state index contributed by atoms with van der Waals surface area (Å²) in [4.78, 5) is 49.5. The lowest BCUT2D eigenvalue weighted by Gasteiger charge is -2.58. The second-order valence-corrected chi connectivity index (χ2v) is 23.9. The maximum absolute atomic E-state index is 14.3. The lowest BCUT2D eigenvalue weighted by molar-refractivity contribution is -0.384. The number of H-pyrrole nitrogens is 1. The zero-order chi connectivity index (χ0) is 53.6. The number of methoxy groups -OCH3 is 1. The molecule has 4 fully saturated rings. The summed E-state index contributed by atoms with van der Waals surface area (Å²) in [5.74, 6) is 1.22. The third kappa shape index (κ3) is 10.8. The number of carbonyl (C=O) groups excluding carboxylic acids is 1. The fourth-order valence-corrected chi connectivity index (χ4v) is 13.4. The number of carbonyl (C=O) groups is 1. The van der Waals surface area contributed by atoms with Crippen LogP contribution in [0.5, 0.6) is 17.2 Å². The highest BCUT2D eigenvalue weighted by molar-refractivity contribution is 7.90. The molecule has 2 aliphatic heterocycles. The minimum atomic E-state index is -4.83. The number of benzene rings is 3. The van der Waals surface area contributed by atoms with E-state index in [1.165, 1.54) is 29.1 Å². The lowest BCUT2D eigenvalue weighted by atomic mass is 9.59. The van der Waals surface area contributed by atoms with Gasteiger partial charge in [-0.3, -0.25) is 24.7 Å². The van der Waals surface area contributed by atoms with Crippen molar-refractivity contribution in [1.29, 1.82) is 0 Å². The van der Waals surface area contributed by atoms with Gasteiger partial charge in [0, 0.05) is 87.8 Å². The molecule has 0 bridgehead atoms. The number of hydrogen-bond donors (Lipinski definition) is 4. The number of piperazine rings is 1. The Morgan fingerprint density at radius 2 is 1.73 bits per heavy atom. The van der Waals surface area contributed by atoms with Crippen LogP contribution in [-0.4, -0.2) is 112 Å². The maximum atomic E-state index is 14.3. The molecule has 1 spiro atoms. The van der Waals surface area contributed by atoms with Crippen molar-refractivity contribution in [3.8, 4) is 17.2 Å². The lowest BCUT2D eigenvalue weighted by Crippen LogP contribution is -2.60. The minimum Gasteiger partial charge on any atom is -0.497 e. The summed E-state index contributed by atoms with van der Waals surface area (Å²) in [5.41, 5.74) is 3.04. The molecule has 4 aromatic heterocycles. The first-order valence-electron chi connectivity index (χ1n) is 26.7. The third-order valence-corrected chi connectivity index (χ3v) is 18.1. The summed E-state index contributed by atoms with van der Waals surface area (Å²) in [6, 6.07) is 24.2. The summed E-state index contributed by atoms with van der Waals surface area (Å²) in [6.07, 6.45) is 12.3. The molecule has 2 aliphatic carbocycles. The molecule has 2 saturated carbocycles. The van der Waals surface area contributed by atoms with Gasteiger partial charge in [-0.2, -0.15) is 0 Å². The second-order valence-electron chi connectivity index (χ2n) is 22.2. The number of nitrogens with one attached hydrogen (secondary N) is 3. The number of aromatic amines is 1. The zero-order valence-electron chi connectivity index (χ0n) is 43.9. The molecule has 0 radical (unpaired) electrons. The number of sulfonamides is 1. The number of oxazole rings is 1. The number of ether oxygens (including phenoxy) is 2. The monoisotopic (exact) mass is 1070 g/mol. The van der Waals surface area contributed by atoms with Crippen LogP contribution in [0.4, 0.5) is 17.2 Å². The number of nitrogens with zero attached hydrogens (tertiary/aromatic N) is 7. The number of nitro benzene ring substituents is 1. The molecule has 11 rings (SSSR count). The van der Waals surface area contributed by atoms with Crippen LogP contribution < -0.4 is 24.4 Å². The molecular formula is C57H66N10O9S. The number of amides is 1.